The Hall–Kier alpha value is -1.38. The molecule has 0 aromatic carbocycles. The molecule has 1 aliphatic rings. The van der Waals surface area contributed by atoms with Crippen molar-refractivity contribution in [3.63, 3.8) is 0 Å². The lowest BCUT2D eigenvalue weighted by molar-refractivity contribution is 1.02. The molecule has 0 bridgehead atoms. The van der Waals surface area contributed by atoms with Crippen molar-refractivity contribution in [1.82, 2.24) is 4.98 Å². The van der Waals surface area contributed by atoms with Crippen molar-refractivity contribution >= 4 is 12.0 Å². The maximum atomic E-state index is 4.01. The Morgan fingerprint density at radius 2 is 2.55 bits per heavy atom. The van der Waals surface area contributed by atoms with Gasteiger partial charge in [0.2, 0.25) is 0 Å². The number of pyridine rings is 1. The van der Waals surface area contributed by atoms with E-state index >= 15 is 0 Å². The Balaban J connectivity index is 2.23. The predicted molar refractivity (Wildman–Crippen MR) is 43.9 cm³/mol. The minimum Gasteiger partial charge on any atom is -0.320 e. The first-order valence-corrected chi connectivity index (χ1v) is 3.56. The first kappa shape index (κ1) is 6.34. The van der Waals surface area contributed by atoms with Gasteiger partial charge in [-0.2, -0.15) is 0 Å². The number of hydrogen-bond acceptors (Lipinski definition) is 3. The molecule has 1 aromatic rings. The summed E-state index contributed by atoms with van der Waals surface area (Å²) in [6.07, 6.45) is 6.47. The lowest BCUT2D eigenvalue weighted by Crippen LogP contribution is -2.17. The lowest BCUT2D eigenvalue weighted by atomic mass is 10.4. The quantitative estimate of drug-likeness (QED) is 0.586. The molecule has 0 spiro atoms. The molecular weight excluding hydrogens is 138 g/mol. The van der Waals surface area contributed by atoms with Gasteiger partial charge in [-0.25, -0.2) is 0 Å². The van der Waals surface area contributed by atoms with Gasteiger partial charge in [0.25, 0.3) is 0 Å². The molecule has 1 radical (unpaired) electrons. The standard InChI is InChI=1S/C8H8N3/c1-2-8(6-9-3-1)11-5-4-10-7-11/h1-3,6H,4-5H2. The van der Waals surface area contributed by atoms with Crippen LogP contribution in [0.1, 0.15) is 0 Å². The van der Waals surface area contributed by atoms with E-state index in [2.05, 4.69) is 16.3 Å². The number of aromatic nitrogens is 1. The fraction of sp³-hybridized carbons (Fsp3) is 0.250. The van der Waals surface area contributed by atoms with Crippen LogP contribution in [0.5, 0.6) is 0 Å². The summed E-state index contributed by atoms with van der Waals surface area (Å²) < 4.78 is 0. The van der Waals surface area contributed by atoms with Crippen molar-refractivity contribution in [2.45, 2.75) is 0 Å². The Kier molecular flexibility index (Phi) is 1.55. The van der Waals surface area contributed by atoms with E-state index in [9.17, 15) is 0 Å². The molecule has 1 aliphatic heterocycles. The van der Waals surface area contributed by atoms with Gasteiger partial charge in [-0.1, -0.05) is 0 Å². The van der Waals surface area contributed by atoms with Crippen molar-refractivity contribution in [2.24, 2.45) is 4.99 Å². The molecule has 0 saturated carbocycles. The molecular formula is C8H8N3. The third-order valence-corrected chi connectivity index (χ3v) is 1.58. The number of aliphatic imine (C=N–C) groups is 1. The van der Waals surface area contributed by atoms with Crippen molar-refractivity contribution in [3.8, 4) is 0 Å². The largest absolute Gasteiger partial charge is 0.320 e. The fourth-order valence-corrected chi connectivity index (χ4v) is 1.04. The van der Waals surface area contributed by atoms with Crippen molar-refractivity contribution in [2.75, 3.05) is 18.0 Å². The van der Waals surface area contributed by atoms with Gasteiger partial charge in [0.15, 0.2) is 6.34 Å². The van der Waals surface area contributed by atoms with Crippen LogP contribution in [0.25, 0.3) is 0 Å². The molecule has 55 valence electrons. The lowest BCUT2D eigenvalue weighted by Gasteiger charge is -2.10. The van der Waals surface area contributed by atoms with Gasteiger partial charge in [0.1, 0.15) is 0 Å². The van der Waals surface area contributed by atoms with E-state index in [0.29, 0.717) is 0 Å². The third-order valence-electron chi connectivity index (χ3n) is 1.58. The van der Waals surface area contributed by atoms with Crippen LogP contribution in [0.15, 0.2) is 29.5 Å². The number of rotatable bonds is 1. The van der Waals surface area contributed by atoms with Gasteiger partial charge < -0.3 is 4.90 Å². The predicted octanol–water partition coefficient (Wildman–Crippen LogP) is 0.807. The van der Waals surface area contributed by atoms with Crippen molar-refractivity contribution in [1.29, 1.82) is 0 Å². The van der Waals surface area contributed by atoms with Gasteiger partial charge in [-0.05, 0) is 12.1 Å². The molecule has 2 rings (SSSR count). The Morgan fingerprint density at radius 1 is 1.55 bits per heavy atom. The first-order chi connectivity index (χ1) is 5.47. The maximum Gasteiger partial charge on any atom is 0.172 e. The van der Waals surface area contributed by atoms with Crippen LogP contribution in [0.4, 0.5) is 5.69 Å². The van der Waals surface area contributed by atoms with Gasteiger partial charge in [0, 0.05) is 12.7 Å². The zero-order valence-corrected chi connectivity index (χ0v) is 6.07. The van der Waals surface area contributed by atoms with Gasteiger partial charge in [-0.3, -0.25) is 9.98 Å². The summed E-state index contributed by atoms with van der Waals surface area (Å²) in [6, 6.07) is 3.91. The fourth-order valence-electron chi connectivity index (χ4n) is 1.04. The molecule has 1 aromatic heterocycles. The van der Waals surface area contributed by atoms with E-state index in [1.54, 1.807) is 6.20 Å². The summed E-state index contributed by atoms with van der Waals surface area (Å²) in [5.41, 5.74) is 1.06. The molecule has 2 heterocycles. The zero-order valence-electron chi connectivity index (χ0n) is 6.07. The molecule has 3 heteroatoms. The zero-order chi connectivity index (χ0) is 7.52. The van der Waals surface area contributed by atoms with Gasteiger partial charge in [0.05, 0.1) is 18.4 Å². The number of nitrogens with zero attached hydrogens (tertiary/aromatic N) is 3. The second kappa shape index (κ2) is 2.70. The molecule has 0 fully saturated rings. The van der Waals surface area contributed by atoms with E-state index in [4.69, 9.17) is 0 Å². The molecule has 0 aliphatic carbocycles. The number of hydrogen-bond donors (Lipinski definition) is 0. The first-order valence-electron chi connectivity index (χ1n) is 3.56. The Labute approximate surface area is 65.4 Å². The average molecular weight is 146 g/mol. The minimum absolute atomic E-state index is 0.842. The average Bonchev–Trinajstić information content (AvgIpc) is 2.58. The monoisotopic (exact) mass is 146 g/mol. The highest BCUT2D eigenvalue weighted by atomic mass is 15.2. The highest BCUT2D eigenvalue weighted by Gasteiger charge is 2.07. The van der Waals surface area contributed by atoms with E-state index in [1.165, 1.54) is 0 Å². The van der Waals surface area contributed by atoms with Gasteiger partial charge >= 0.3 is 0 Å². The van der Waals surface area contributed by atoms with Crippen LogP contribution < -0.4 is 4.90 Å². The summed E-state index contributed by atoms with van der Waals surface area (Å²) in [5.74, 6) is 0. The van der Waals surface area contributed by atoms with Crippen LogP contribution in [0, 0.1) is 0 Å². The SMILES string of the molecule is [C]1=NCCN1c1cccnc1. The molecule has 0 unspecified atom stereocenters. The van der Waals surface area contributed by atoms with Crippen LogP contribution in [-0.2, 0) is 0 Å². The minimum atomic E-state index is 0.842. The van der Waals surface area contributed by atoms with E-state index in [1.807, 2.05) is 23.2 Å². The summed E-state index contributed by atoms with van der Waals surface area (Å²) in [6.45, 7) is 1.76. The highest BCUT2D eigenvalue weighted by Crippen LogP contribution is 2.11. The van der Waals surface area contributed by atoms with Gasteiger partial charge in [-0.15, -0.1) is 0 Å². The van der Waals surface area contributed by atoms with E-state index in [0.717, 1.165) is 18.8 Å². The highest BCUT2D eigenvalue weighted by molar-refractivity contribution is 5.80. The van der Waals surface area contributed by atoms with Crippen LogP contribution in [-0.4, -0.2) is 24.4 Å². The summed E-state index contributed by atoms with van der Waals surface area (Å²) >= 11 is 0. The Bertz CT molecular complexity index is 255. The second-order valence-corrected chi connectivity index (χ2v) is 2.34. The van der Waals surface area contributed by atoms with Crippen LogP contribution in [0.2, 0.25) is 0 Å². The summed E-state index contributed by atoms with van der Waals surface area (Å²) in [4.78, 5) is 9.96. The van der Waals surface area contributed by atoms with E-state index in [-0.39, 0.29) is 0 Å². The molecule has 0 atom stereocenters. The van der Waals surface area contributed by atoms with Crippen LogP contribution in [0.3, 0.4) is 0 Å². The molecule has 11 heavy (non-hydrogen) atoms. The van der Waals surface area contributed by atoms with Crippen molar-refractivity contribution < 1.29 is 0 Å². The normalized spacial score (nSPS) is 15.8. The Morgan fingerprint density at radius 3 is 3.18 bits per heavy atom. The summed E-state index contributed by atoms with van der Waals surface area (Å²) in [7, 11) is 0. The smallest absolute Gasteiger partial charge is 0.172 e. The molecule has 0 saturated heterocycles. The third kappa shape index (κ3) is 1.22. The molecule has 3 nitrogen and oxygen atoms in total. The molecule has 0 amide bonds. The number of anilines is 1. The van der Waals surface area contributed by atoms with Crippen molar-refractivity contribution in [3.05, 3.63) is 24.5 Å². The summed E-state index contributed by atoms with van der Waals surface area (Å²) in [5, 5.41) is 0. The molecule has 0 N–H and O–H groups in total. The second-order valence-electron chi connectivity index (χ2n) is 2.34. The topological polar surface area (TPSA) is 28.5 Å². The maximum absolute atomic E-state index is 4.01. The van der Waals surface area contributed by atoms with Crippen LogP contribution >= 0.6 is 0 Å². The van der Waals surface area contributed by atoms with E-state index < -0.39 is 0 Å².